The highest BCUT2D eigenvalue weighted by atomic mass is 28.3. The Hall–Kier alpha value is -0.243. The molecular weight excluding hydrogens is 140 g/mol. The van der Waals surface area contributed by atoms with Gasteiger partial charge in [-0.1, -0.05) is 25.3 Å². The molecule has 0 saturated carbocycles. The van der Waals surface area contributed by atoms with Gasteiger partial charge in [-0.3, -0.25) is 0 Å². The smallest absolute Gasteiger partial charge is 0.0883 e. The third-order valence-electron chi connectivity index (χ3n) is 1.45. The van der Waals surface area contributed by atoms with Gasteiger partial charge in [0, 0.05) is 6.42 Å². The number of rotatable bonds is 1. The summed E-state index contributed by atoms with van der Waals surface area (Å²) in [5.74, 6) is 1.25. The summed E-state index contributed by atoms with van der Waals surface area (Å²) in [5.41, 5.74) is 2.36. The van der Waals surface area contributed by atoms with E-state index in [0.717, 1.165) is 6.61 Å². The van der Waals surface area contributed by atoms with Gasteiger partial charge in [0.2, 0.25) is 0 Å². The molecule has 1 aliphatic heterocycles. The molecule has 0 aromatic heterocycles. The van der Waals surface area contributed by atoms with Crippen LogP contribution in [0, 0.1) is 0 Å². The van der Waals surface area contributed by atoms with Gasteiger partial charge in [0.1, 0.15) is 0 Å². The summed E-state index contributed by atoms with van der Waals surface area (Å²) in [6.07, 6.45) is 2.39. The van der Waals surface area contributed by atoms with Crippen molar-refractivity contribution in [3.05, 3.63) is 11.5 Å². The quantitative estimate of drug-likeness (QED) is 0.530. The van der Waals surface area contributed by atoms with Gasteiger partial charge in [0.25, 0.3) is 0 Å². The summed E-state index contributed by atoms with van der Waals surface area (Å²) in [6, 6.07) is 0. The molecule has 0 radical (unpaired) electrons. The van der Waals surface area contributed by atoms with E-state index in [2.05, 4.69) is 25.3 Å². The molecule has 0 atom stereocenters. The van der Waals surface area contributed by atoms with Crippen LogP contribution in [0.15, 0.2) is 11.5 Å². The monoisotopic (exact) mass is 156 g/mol. The molecule has 1 nitrogen and oxygen atoms in total. The van der Waals surface area contributed by atoms with Crippen LogP contribution in [0.4, 0.5) is 0 Å². The van der Waals surface area contributed by atoms with Gasteiger partial charge in [0.05, 0.1) is 20.4 Å². The van der Waals surface area contributed by atoms with Gasteiger partial charge in [-0.15, -0.1) is 0 Å². The van der Waals surface area contributed by atoms with Crippen molar-refractivity contribution in [2.45, 2.75) is 32.5 Å². The minimum Gasteiger partial charge on any atom is -0.499 e. The first-order valence-electron chi connectivity index (χ1n) is 3.92. The Balaban J connectivity index is 2.53. The lowest BCUT2D eigenvalue weighted by Crippen LogP contribution is -2.16. The van der Waals surface area contributed by atoms with E-state index in [-0.39, 0.29) is 0 Å². The molecule has 1 fully saturated rings. The Labute approximate surface area is 64.1 Å². The Morgan fingerprint density at radius 1 is 1.40 bits per heavy atom. The zero-order valence-electron chi connectivity index (χ0n) is 7.11. The van der Waals surface area contributed by atoms with Crippen LogP contribution in [0.5, 0.6) is 0 Å². The molecule has 0 aliphatic carbocycles. The van der Waals surface area contributed by atoms with Crippen molar-refractivity contribution in [1.29, 1.82) is 0 Å². The van der Waals surface area contributed by atoms with Crippen LogP contribution < -0.4 is 0 Å². The maximum atomic E-state index is 5.42. The fourth-order valence-corrected chi connectivity index (χ4v) is 2.31. The molecule has 1 rings (SSSR count). The summed E-state index contributed by atoms with van der Waals surface area (Å²) in [6.45, 7) is 7.95. The normalized spacial score (nSPS) is 23.3. The van der Waals surface area contributed by atoms with Crippen LogP contribution in [0.2, 0.25) is 19.6 Å². The molecule has 0 aromatic carbocycles. The highest BCUT2D eigenvalue weighted by Crippen LogP contribution is 2.18. The van der Waals surface area contributed by atoms with E-state index in [0.29, 0.717) is 0 Å². The first-order chi connectivity index (χ1) is 4.58. The van der Waals surface area contributed by atoms with Gasteiger partial charge in [-0.05, 0) is 6.42 Å². The van der Waals surface area contributed by atoms with Crippen LogP contribution in [-0.2, 0) is 4.74 Å². The van der Waals surface area contributed by atoms with Crippen molar-refractivity contribution in [2.75, 3.05) is 6.61 Å². The Bertz CT molecular complexity index is 136. The number of hydrogen-bond donors (Lipinski definition) is 0. The Morgan fingerprint density at radius 2 is 2.10 bits per heavy atom. The third kappa shape index (κ3) is 2.56. The van der Waals surface area contributed by atoms with E-state index in [9.17, 15) is 0 Å². The molecule has 0 aromatic rings. The van der Waals surface area contributed by atoms with Crippen molar-refractivity contribution in [3.8, 4) is 0 Å². The minimum absolute atomic E-state index is 0.941. The number of allylic oxidation sites excluding steroid dienone is 1. The number of hydrogen-bond acceptors (Lipinski definition) is 1. The maximum absolute atomic E-state index is 5.42. The lowest BCUT2D eigenvalue weighted by atomic mass is 10.3. The van der Waals surface area contributed by atoms with E-state index >= 15 is 0 Å². The average molecular weight is 156 g/mol. The standard InChI is InChI=1S/C8H16OSi/c1-10(2,3)7-8-5-4-6-9-8/h7H,4-6H2,1-3H3/b8-7+. The van der Waals surface area contributed by atoms with Crippen molar-refractivity contribution in [3.63, 3.8) is 0 Å². The molecule has 10 heavy (non-hydrogen) atoms. The highest BCUT2D eigenvalue weighted by molar-refractivity contribution is 6.81. The summed E-state index contributed by atoms with van der Waals surface area (Å²) in [5, 5.41) is 0. The fraction of sp³-hybridized carbons (Fsp3) is 0.750. The Kier molecular flexibility index (Phi) is 2.19. The predicted octanol–water partition coefficient (Wildman–Crippen LogP) is 2.56. The Morgan fingerprint density at radius 3 is 2.50 bits per heavy atom. The first-order valence-corrected chi connectivity index (χ1v) is 7.50. The van der Waals surface area contributed by atoms with E-state index < -0.39 is 8.07 Å². The largest absolute Gasteiger partial charge is 0.499 e. The fourth-order valence-electron chi connectivity index (χ4n) is 1.12. The van der Waals surface area contributed by atoms with Gasteiger partial charge < -0.3 is 4.74 Å². The van der Waals surface area contributed by atoms with Crippen LogP contribution >= 0.6 is 0 Å². The van der Waals surface area contributed by atoms with Gasteiger partial charge >= 0.3 is 0 Å². The molecule has 1 saturated heterocycles. The second-order valence-corrected chi connectivity index (χ2v) is 8.95. The molecular formula is C8H16OSi. The van der Waals surface area contributed by atoms with E-state index in [1.807, 2.05) is 0 Å². The van der Waals surface area contributed by atoms with Gasteiger partial charge in [0.15, 0.2) is 0 Å². The second kappa shape index (κ2) is 2.78. The zero-order valence-corrected chi connectivity index (χ0v) is 8.11. The molecule has 58 valence electrons. The molecule has 0 N–H and O–H groups in total. The van der Waals surface area contributed by atoms with E-state index in [1.165, 1.54) is 18.6 Å². The lowest BCUT2D eigenvalue weighted by molar-refractivity contribution is 0.264. The SMILES string of the molecule is C[Si](C)(C)/C=C1\CCCO1. The number of ether oxygens (including phenoxy) is 1. The summed E-state index contributed by atoms with van der Waals surface area (Å²) >= 11 is 0. The van der Waals surface area contributed by atoms with Crippen molar-refractivity contribution < 1.29 is 4.74 Å². The van der Waals surface area contributed by atoms with Crippen LogP contribution in [0.25, 0.3) is 0 Å². The molecule has 1 aliphatic rings. The molecule has 1 heterocycles. The predicted molar refractivity (Wildman–Crippen MR) is 46.6 cm³/mol. The average Bonchev–Trinajstić information content (AvgIpc) is 2.12. The first kappa shape index (κ1) is 7.86. The van der Waals surface area contributed by atoms with E-state index in [1.54, 1.807) is 0 Å². The summed E-state index contributed by atoms with van der Waals surface area (Å²) < 4.78 is 5.42. The van der Waals surface area contributed by atoms with Crippen LogP contribution in [0.1, 0.15) is 12.8 Å². The minimum atomic E-state index is -1.01. The second-order valence-electron chi connectivity index (χ2n) is 3.93. The topological polar surface area (TPSA) is 9.23 Å². The van der Waals surface area contributed by atoms with Gasteiger partial charge in [-0.2, -0.15) is 0 Å². The summed E-state index contributed by atoms with van der Waals surface area (Å²) in [4.78, 5) is 0. The van der Waals surface area contributed by atoms with Crippen LogP contribution in [0.3, 0.4) is 0 Å². The molecule has 0 spiro atoms. The zero-order chi connectivity index (χ0) is 7.61. The lowest BCUT2D eigenvalue weighted by Gasteiger charge is -2.10. The van der Waals surface area contributed by atoms with E-state index in [4.69, 9.17) is 4.74 Å². The van der Waals surface area contributed by atoms with Crippen molar-refractivity contribution >= 4 is 8.07 Å². The summed E-state index contributed by atoms with van der Waals surface area (Å²) in [7, 11) is -1.01. The van der Waals surface area contributed by atoms with Gasteiger partial charge in [-0.25, -0.2) is 0 Å². The van der Waals surface area contributed by atoms with Crippen molar-refractivity contribution in [1.82, 2.24) is 0 Å². The molecule has 0 amide bonds. The molecule has 0 bridgehead atoms. The molecule has 0 unspecified atom stereocenters. The molecule has 2 heteroatoms. The maximum Gasteiger partial charge on any atom is 0.0883 e. The van der Waals surface area contributed by atoms with Crippen LogP contribution in [-0.4, -0.2) is 14.7 Å². The third-order valence-corrected chi connectivity index (χ3v) is 2.64. The van der Waals surface area contributed by atoms with Crippen molar-refractivity contribution in [2.24, 2.45) is 0 Å². The highest BCUT2D eigenvalue weighted by Gasteiger charge is 2.14.